The lowest BCUT2D eigenvalue weighted by Crippen LogP contribution is -2.49. The van der Waals surface area contributed by atoms with Crippen LogP contribution in [0.25, 0.3) is 11.0 Å². The van der Waals surface area contributed by atoms with E-state index < -0.39 is 5.97 Å². The minimum absolute atomic E-state index is 0.293. The second kappa shape index (κ2) is 6.65. The number of aromatic nitrogens is 3. The molecule has 1 aliphatic heterocycles. The summed E-state index contributed by atoms with van der Waals surface area (Å²) < 4.78 is 5.00. The molecule has 1 saturated heterocycles. The van der Waals surface area contributed by atoms with Crippen molar-refractivity contribution >= 4 is 28.8 Å². The van der Waals surface area contributed by atoms with Crippen LogP contribution in [0.15, 0.2) is 18.2 Å². The molecule has 1 aliphatic rings. The summed E-state index contributed by atoms with van der Waals surface area (Å²) in [7, 11) is 0. The molecule has 1 fully saturated rings. The molecule has 9 heteroatoms. The number of rotatable bonds is 3. The molecule has 126 valence electrons. The van der Waals surface area contributed by atoms with Crippen molar-refractivity contribution < 1.29 is 19.4 Å². The number of carboxylic acids is 1. The zero-order valence-corrected chi connectivity index (χ0v) is 13.2. The van der Waals surface area contributed by atoms with Gasteiger partial charge in [-0.05, 0) is 25.1 Å². The van der Waals surface area contributed by atoms with E-state index in [0.717, 1.165) is 5.69 Å². The van der Waals surface area contributed by atoms with E-state index in [-0.39, 0.29) is 11.9 Å². The third-order valence-corrected chi connectivity index (χ3v) is 3.80. The van der Waals surface area contributed by atoms with Crippen molar-refractivity contribution in [3.05, 3.63) is 24.0 Å². The predicted octanol–water partition coefficient (Wildman–Crippen LogP) is 1.00. The van der Waals surface area contributed by atoms with Crippen LogP contribution in [0.4, 0.5) is 10.5 Å². The van der Waals surface area contributed by atoms with Gasteiger partial charge in [-0.25, -0.2) is 14.6 Å². The standard InChI is InChI=1S/C15H17N5O4/c1-2-24-15(23)20-7-5-19(6-8-20)10-3-4-11-12(9-10)16-13(14(21)22)18-17-11/h3-4,9H,2,5-8H2,1H3,(H,21,22). The van der Waals surface area contributed by atoms with Gasteiger partial charge < -0.3 is 19.6 Å². The van der Waals surface area contributed by atoms with Crippen molar-refractivity contribution in [3.8, 4) is 0 Å². The highest BCUT2D eigenvalue weighted by Gasteiger charge is 2.22. The fraction of sp³-hybridized carbons (Fsp3) is 0.400. The number of aromatic carboxylic acids is 1. The summed E-state index contributed by atoms with van der Waals surface area (Å²) in [6.45, 7) is 4.61. The van der Waals surface area contributed by atoms with Gasteiger partial charge in [-0.1, -0.05) is 0 Å². The van der Waals surface area contributed by atoms with E-state index in [9.17, 15) is 9.59 Å². The van der Waals surface area contributed by atoms with Gasteiger partial charge >= 0.3 is 12.1 Å². The monoisotopic (exact) mass is 331 g/mol. The molecule has 2 aromatic rings. The Balaban J connectivity index is 1.76. The Bertz CT molecular complexity index is 774. The number of carboxylic acid groups (broad SMARTS) is 1. The van der Waals surface area contributed by atoms with Crippen molar-refractivity contribution in [1.82, 2.24) is 20.1 Å². The van der Waals surface area contributed by atoms with E-state index in [4.69, 9.17) is 9.84 Å². The van der Waals surface area contributed by atoms with Crippen molar-refractivity contribution in [3.63, 3.8) is 0 Å². The van der Waals surface area contributed by atoms with Gasteiger partial charge in [0, 0.05) is 31.9 Å². The van der Waals surface area contributed by atoms with E-state index in [1.165, 1.54) is 0 Å². The Morgan fingerprint density at radius 2 is 1.92 bits per heavy atom. The minimum atomic E-state index is -1.21. The quantitative estimate of drug-likeness (QED) is 0.887. The second-order valence-corrected chi connectivity index (χ2v) is 5.29. The van der Waals surface area contributed by atoms with E-state index in [1.807, 2.05) is 6.07 Å². The topological polar surface area (TPSA) is 109 Å². The maximum absolute atomic E-state index is 11.7. The summed E-state index contributed by atoms with van der Waals surface area (Å²) in [5.74, 6) is -1.54. The molecule has 0 unspecified atom stereocenters. The van der Waals surface area contributed by atoms with Crippen molar-refractivity contribution in [2.45, 2.75) is 6.92 Å². The first kappa shape index (κ1) is 15.9. The maximum atomic E-state index is 11.7. The number of nitrogens with zero attached hydrogens (tertiary/aromatic N) is 5. The molecule has 0 radical (unpaired) electrons. The number of piperazine rings is 1. The molecule has 0 atom stereocenters. The molecule has 9 nitrogen and oxygen atoms in total. The van der Waals surface area contributed by atoms with E-state index >= 15 is 0 Å². The molecule has 1 aromatic heterocycles. The molecule has 3 rings (SSSR count). The number of benzene rings is 1. The summed E-state index contributed by atoms with van der Waals surface area (Å²) >= 11 is 0. The average molecular weight is 331 g/mol. The van der Waals surface area contributed by atoms with Crippen LogP contribution in [-0.2, 0) is 4.74 Å². The van der Waals surface area contributed by atoms with Gasteiger partial charge in [-0.15, -0.1) is 10.2 Å². The third-order valence-electron chi connectivity index (χ3n) is 3.80. The number of carbonyl (C=O) groups excluding carboxylic acids is 1. The fourth-order valence-corrected chi connectivity index (χ4v) is 2.57. The molecule has 0 aliphatic carbocycles. The van der Waals surface area contributed by atoms with Gasteiger partial charge in [0.15, 0.2) is 0 Å². The van der Waals surface area contributed by atoms with Crippen LogP contribution in [0.1, 0.15) is 17.5 Å². The van der Waals surface area contributed by atoms with Gasteiger partial charge in [0.2, 0.25) is 0 Å². The molecule has 0 spiro atoms. The Labute approximate surface area is 137 Å². The highest BCUT2D eigenvalue weighted by atomic mass is 16.6. The number of fused-ring (bicyclic) bond motifs is 1. The molecular weight excluding hydrogens is 314 g/mol. The normalized spacial score (nSPS) is 14.7. The molecule has 1 N–H and O–H groups in total. The lowest BCUT2D eigenvalue weighted by molar-refractivity contribution is 0.0682. The Morgan fingerprint density at radius 3 is 2.58 bits per heavy atom. The molecule has 2 heterocycles. The van der Waals surface area contributed by atoms with Gasteiger partial charge in [0.05, 0.1) is 12.1 Å². The smallest absolute Gasteiger partial charge is 0.409 e. The summed E-state index contributed by atoms with van der Waals surface area (Å²) in [5.41, 5.74) is 1.92. The Hall–Kier alpha value is -2.97. The summed E-state index contributed by atoms with van der Waals surface area (Å²) in [6.07, 6.45) is -0.293. The summed E-state index contributed by atoms with van der Waals surface area (Å²) in [5, 5.41) is 16.4. The highest BCUT2D eigenvalue weighted by molar-refractivity contribution is 5.86. The van der Waals surface area contributed by atoms with Crippen molar-refractivity contribution in [2.75, 3.05) is 37.7 Å². The Kier molecular flexibility index (Phi) is 4.41. The van der Waals surface area contributed by atoms with Gasteiger partial charge in [-0.3, -0.25) is 0 Å². The number of amides is 1. The number of carbonyl (C=O) groups is 2. The maximum Gasteiger partial charge on any atom is 0.409 e. The summed E-state index contributed by atoms with van der Waals surface area (Å²) in [6, 6.07) is 5.43. The molecule has 1 amide bonds. The lowest BCUT2D eigenvalue weighted by atomic mass is 10.2. The van der Waals surface area contributed by atoms with E-state index in [1.54, 1.807) is 24.0 Å². The van der Waals surface area contributed by atoms with Crippen LogP contribution in [0, 0.1) is 0 Å². The Morgan fingerprint density at radius 1 is 1.17 bits per heavy atom. The molecule has 0 bridgehead atoms. The van der Waals surface area contributed by atoms with Crippen LogP contribution in [0.2, 0.25) is 0 Å². The van der Waals surface area contributed by atoms with Crippen molar-refractivity contribution in [2.24, 2.45) is 0 Å². The average Bonchev–Trinajstić information content (AvgIpc) is 2.61. The molecule has 24 heavy (non-hydrogen) atoms. The largest absolute Gasteiger partial charge is 0.475 e. The van der Waals surface area contributed by atoms with E-state index in [2.05, 4.69) is 20.1 Å². The van der Waals surface area contributed by atoms with Crippen LogP contribution in [0.3, 0.4) is 0 Å². The summed E-state index contributed by atoms with van der Waals surface area (Å²) in [4.78, 5) is 30.5. The minimum Gasteiger partial charge on any atom is -0.475 e. The highest BCUT2D eigenvalue weighted by Crippen LogP contribution is 2.21. The number of hydrogen-bond donors (Lipinski definition) is 1. The van der Waals surface area contributed by atoms with Gasteiger partial charge in [0.1, 0.15) is 5.52 Å². The fourth-order valence-electron chi connectivity index (χ4n) is 2.57. The number of anilines is 1. The number of ether oxygens (including phenoxy) is 1. The predicted molar refractivity (Wildman–Crippen MR) is 85.1 cm³/mol. The molecule has 1 aromatic carbocycles. The van der Waals surface area contributed by atoms with Crippen LogP contribution in [-0.4, -0.2) is 70.0 Å². The van der Waals surface area contributed by atoms with Crippen LogP contribution < -0.4 is 4.90 Å². The van der Waals surface area contributed by atoms with Crippen LogP contribution >= 0.6 is 0 Å². The first-order valence-electron chi connectivity index (χ1n) is 7.63. The lowest BCUT2D eigenvalue weighted by Gasteiger charge is -2.35. The zero-order valence-electron chi connectivity index (χ0n) is 13.2. The molecule has 0 saturated carbocycles. The second-order valence-electron chi connectivity index (χ2n) is 5.29. The van der Waals surface area contributed by atoms with Gasteiger partial charge in [-0.2, -0.15) is 0 Å². The SMILES string of the molecule is CCOC(=O)N1CCN(c2ccc3nnc(C(=O)O)nc3c2)CC1. The third kappa shape index (κ3) is 3.19. The van der Waals surface area contributed by atoms with Gasteiger partial charge in [0.25, 0.3) is 5.82 Å². The van der Waals surface area contributed by atoms with Crippen LogP contribution in [0.5, 0.6) is 0 Å². The molecular formula is C15H17N5O4. The van der Waals surface area contributed by atoms with Crippen molar-refractivity contribution in [1.29, 1.82) is 0 Å². The zero-order chi connectivity index (χ0) is 17.1. The first-order valence-corrected chi connectivity index (χ1v) is 7.63. The van der Waals surface area contributed by atoms with E-state index in [0.29, 0.717) is 43.8 Å². The number of hydrogen-bond acceptors (Lipinski definition) is 7. The first-order chi connectivity index (χ1) is 11.6.